The van der Waals surface area contributed by atoms with Gasteiger partial charge in [-0.05, 0) is 44.0 Å². The molecule has 1 saturated heterocycles. The topological polar surface area (TPSA) is 70.2 Å². The maximum atomic E-state index is 12.4. The first-order valence-electron chi connectivity index (χ1n) is 7.00. The van der Waals surface area contributed by atoms with Crippen LogP contribution in [-0.2, 0) is 4.79 Å². The van der Waals surface area contributed by atoms with E-state index in [1.807, 2.05) is 6.92 Å². The Bertz CT molecular complexity index is 513. The number of nitrogens with one attached hydrogen (secondary N) is 3. The lowest BCUT2D eigenvalue weighted by Crippen LogP contribution is -2.50. The molecule has 21 heavy (non-hydrogen) atoms. The Morgan fingerprint density at radius 1 is 1.38 bits per heavy atom. The van der Waals surface area contributed by atoms with E-state index in [0.29, 0.717) is 11.3 Å². The van der Waals surface area contributed by atoms with Crippen LogP contribution in [0.15, 0.2) is 24.3 Å². The molecular weight excluding hydrogens is 290 g/mol. The summed E-state index contributed by atoms with van der Waals surface area (Å²) >= 11 is 0. The Morgan fingerprint density at radius 2 is 2.14 bits per heavy atom. The molecule has 2 rings (SSSR count). The Morgan fingerprint density at radius 3 is 2.71 bits per heavy atom. The molecule has 0 bridgehead atoms. The van der Waals surface area contributed by atoms with Crippen LogP contribution in [-0.4, -0.2) is 30.9 Å². The summed E-state index contributed by atoms with van der Waals surface area (Å²) in [5, 5.41) is 8.78. The molecule has 6 heteroatoms. The number of carbonyl (C=O) groups is 2. The normalized spacial score (nSPS) is 20.5. The molecule has 3 N–H and O–H groups in total. The number of benzene rings is 1. The quantitative estimate of drug-likeness (QED) is 0.796. The van der Waals surface area contributed by atoms with Crippen molar-refractivity contribution >= 4 is 29.9 Å². The zero-order valence-electron chi connectivity index (χ0n) is 12.4. The molecule has 1 fully saturated rings. The summed E-state index contributed by atoms with van der Waals surface area (Å²) in [5.41, 5.74) is 0.719. The van der Waals surface area contributed by atoms with E-state index >= 15 is 0 Å². The molecule has 1 unspecified atom stereocenters. The van der Waals surface area contributed by atoms with E-state index in [-0.39, 0.29) is 24.2 Å². The molecule has 1 aromatic rings. The molecule has 1 atom stereocenters. The van der Waals surface area contributed by atoms with Gasteiger partial charge in [0.15, 0.2) is 0 Å². The average Bonchev–Trinajstić information content (AvgIpc) is 2.97. The third-order valence-corrected chi connectivity index (χ3v) is 3.89. The second kappa shape index (κ2) is 7.43. The van der Waals surface area contributed by atoms with E-state index in [1.165, 1.54) is 0 Å². The largest absolute Gasteiger partial charge is 0.355 e. The number of hydrogen-bond donors (Lipinski definition) is 3. The molecule has 0 radical (unpaired) electrons. The van der Waals surface area contributed by atoms with Crippen LogP contribution >= 0.6 is 12.4 Å². The maximum Gasteiger partial charge on any atom is 0.251 e. The second-order valence-corrected chi connectivity index (χ2v) is 5.08. The third kappa shape index (κ3) is 3.74. The fourth-order valence-corrected chi connectivity index (χ4v) is 2.60. The maximum absolute atomic E-state index is 12.4. The minimum Gasteiger partial charge on any atom is -0.355 e. The summed E-state index contributed by atoms with van der Waals surface area (Å²) < 4.78 is 0. The number of rotatable bonds is 4. The summed E-state index contributed by atoms with van der Waals surface area (Å²) in [6.07, 6.45) is 2.62. The average molecular weight is 312 g/mol. The standard InChI is InChI=1S/C15H21N3O2.ClH/c1-3-15(8-5-9-17-15)14(20)18-12-7-4-6-11(10-12)13(19)16-2;/h4,6-7,10,17H,3,5,8-9H2,1-2H3,(H,16,19)(H,18,20);1H. The molecule has 1 heterocycles. The van der Waals surface area contributed by atoms with Gasteiger partial charge in [-0.2, -0.15) is 0 Å². The highest BCUT2D eigenvalue weighted by Gasteiger charge is 2.39. The molecule has 0 aromatic heterocycles. The lowest BCUT2D eigenvalue weighted by molar-refractivity contribution is -0.122. The monoisotopic (exact) mass is 311 g/mol. The predicted octanol–water partition coefficient (Wildman–Crippen LogP) is 1.94. The van der Waals surface area contributed by atoms with Crippen LogP contribution in [0.25, 0.3) is 0 Å². The molecule has 0 spiro atoms. The summed E-state index contributed by atoms with van der Waals surface area (Å²) in [7, 11) is 1.59. The van der Waals surface area contributed by atoms with Gasteiger partial charge in [0.1, 0.15) is 0 Å². The number of anilines is 1. The third-order valence-electron chi connectivity index (χ3n) is 3.89. The smallest absolute Gasteiger partial charge is 0.251 e. The van der Waals surface area contributed by atoms with Gasteiger partial charge in [0, 0.05) is 18.3 Å². The predicted molar refractivity (Wildman–Crippen MR) is 86.0 cm³/mol. The van der Waals surface area contributed by atoms with Crippen LogP contribution < -0.4 is 16.0 Å². The van der Waals surface area contributed by atoms with E-state index in [1.54, 1.807) is 31.3 Å². The van der Waals surface area contributed by atoms with Crippen LogP contribution in [0.1, 0.15) is 36.5 Å². The molecule has 0 saturated carbocycles. The van der Waals surface area contributed by atoms with Crippen molar-refractivity contribution in [1.29, 1.82) is 0 Å². The van der Waals surface area contributed by atoms with Crippen LogP contribution in [0.4, 0.5) is 5.69 Å². The molecule has 1 aliphatic rings. The Labute approximate surface area is 131 Å². The number of amides is 2. The summed E-state index contributed by atoms with van der Waals surface area (Å²) in [5.74, 6) is -0.183. The van der Waals surface area contributed by atoms with Gasteiger partial charge in [0.25, 0.3) is 5.91 Å². The van der Waals surface area contributed by atoms with Gasteiger partial charge in [-0.25, -0.2) is 0 Å². The lowest BCUT2D eigenvalue weighted by Gasteiger charge is -2.26. The second-order valence-electron chi connectivity index (χ2n) is 5.08. The minimum absolute atomic E-state index is 0. The SMILES string of the molecule is CCC1(C(=O)Nc2cccc(C(=O)NC)c2)CCCN1.Cl. The zero-order valence-corrected chi connectivity index (χ0v) is 13.2. The molecule has 116 valence electrons. The van der Waals surface area contributed by atoms with E-state index in [2.05, 4.69) is 16.0 Å². The summed E-state index contributed by atoms with van der Waals surface area (Å²) in [4.78, 5) is 24.0. The van der Waals surface area contributed by atoms with Crippen molar-refractivity contribution in [1.82, 2.24) is 10.6 Å². The lowest BCUT2D eigenvalue weighted by atomic mass is 9.93. The number of halogens is 1. The van der Waals surface area contributed by atoms with Gasteiger partial charge in [-0.15, -0.1) is 12.4 Å². The van der Waals surface area contributed by atoms with Crippen molar-refractivity contribution < 1.29 is 9.59 Å². The van der Waals surface area contributed by atoms with Crippen molar-refractivity contribution in [2.75, 3.05) is 18.9 Å². The highest BCUT2D eigenvalue weighted by atomic mass is 35.5. The molecule has 2 amide bonds. The van der Waals surface area contributed by atoms with Crippen LogP contribution in [0, 0.1) is 0 Å². The van der Waals surface area contributed by atoms with Crippen molar-refractivity contribution in [3.05, 3.63) is 29.8 Å². The van der Waals surface area contributed by atoms with E-state index < -0.39 is 5.54 Å². The Balaban J connectivity index is 0.00000220. The van der Waals surface area contributed by atoms with Crippen LogP contribution in [0.3, 0.4) is 0 Å². The van der Waals surface area contributed by atoms with Gasteiger partial charge >= 0.3 is 0 Å². The van der Waals surface area contributed by atoms with Gasteiger partial charge in [0.05, 0.1) is 5.54 Å². The first-order valence-corrected chi connectivity index (χ1v) is 7.00. The molecule has 1 aromatic carbocycles. The van der Waals surface area contributed by atoms with Gasteiger partial charge in [-0.1, -0.05) is 13.0 Å². The molecule has 0 aliphatic carbocycles. The minimum atomic E-state index is -0.469. The Kier molecular flexibility index (Phi) is 6.18. The highest BCUT2D eigenvalue weighted by Crippen LogP contribution is 2.25. The van der Waals surface area contributed by atoms with Crippen LogP contribution in [0.2, 0.25) is 0 Å². The van der Waals surface area contributed by atoms with Crippen molar-refractivity contribution in [3.8, 4) is 0 Å². The van der Waals surface area contributed by atoms with E-state index in [0.717, 1.165) is 25.8 Å². The van der Waals surface area contributed by atoms with Crippen molar-refractivity contribution in [3.63, 3.8) is 0 Å². The molecule has 1 aliphatic heterocycles. The number of carbonyl (C=O) groups excluding carboxylic acids is 2. The van der Waals surface area contributed by atoms with E-state index in [4.69, 9.17) is 0 Å². The van der Waals surface area contributed by atoms with E-state index in [9.17, 15) is 9.59 Å². The highest BCUT2D eigenvalue weighted by molar-refractivity contribution is 6.00. The van der Waals surface area contributed by atoms with Gasteiger partial charge < -0.3 is 16.0 Å². The van der Waals surface area contributed by atoms with Crippen molar-refractivity contribution in [2.45, 2.75) is 31.7 Å². The zero-order chi connectivity index (χ0) is 14.6. The summed E-state index contributed by atoms with van der Waals surface area (Å²) in [6.45, 7) is 2.89. The summed E-state index contributed by atoms with van der Waals surface area (Å²) in [6, 6.07) is 6.97. The fraction of sp³-hybridized carbons (Fsp3) is 0.467. The van der Waals surface area contributed by atoms with Gasteiger partial charge in [-0.3, -0.25) is 9.59 Å². The van der Waals surface area contributed by atoms with Crippen molar-refractivity contribution in [2.24, 2.45) is 0 Å². The first-order chi connectivity index (χ1) is 9.61. The van der Waals surface area contributed by atoms with Crippen LogP contribution in [0.5, 0.6) is 0 Å². The Hall–Kier alpha value is -1.59. The molecule has 5 nitrogen and oxygen atoms in total. The first kappa shape index (κ1) is 17.5. The van der Waals surface area contributed by atoms with Gasteiger partial charge in [0.2, 0.25) is 5.91 Å². The number of hydrogen-bond acceptors (Lipinski definition) is 3. The fourth-order valence-electron chi connectivity index (χ4n) is 2.60. The molecular formula is C15H22ClN3O2.